The van der Waals surface area contributed by atoms with E-state index in [1.54, 1.807) is 6.07 Å². The van der Waals surface area contributed by atoms with Crippen LogP contribution in [0.1, 0.15) is 18.1 Å². The summed E-state index contributed by atoms with van der Waals surface area (Å²) in [7, 11) is 0. The number of benzene rings is 2. The molecule has 0 fully saturated rings. The third-order valence-corrected chi connectivity index (χ3v) is 3.67. The summed E-state index contributed by atoms with van der Waals surface area (Å²) in [4.78, 5) is 24.9. The Morgan fingerprint density at radius 1 is 1.04 bits per heavy atom. The van der Waals surface area contributed by atoms with Gasteiger partial charge >= 0.3 is 0 Å². The van der Waals surface area contributed by atoms with Gasteiger partial charge in [-0.1, -0.05) is 6.07 Å². The molecule has 2 rings (SSSR count). The number of nitrogens with zero attached hydrogens (tertiary/aromatic N) is 1. The molecule has 0 aliphatic rings. The van der Waals surface area contributed by atoms with Crippen LogP contribution in [0.2, 0.25) is 0 Å². The van der Waals surface area contributed by atoms with Crippen molar-refractivity contribution in [3.63, 3.8) is 0 Å². The van der Waals surface area contributed by atoms with Crippen molar-refractivity contribution in [3.05, 3.63) is 59.2 Å². The number of aryl methyl sites for hydroxylation is 2. The van der Waals surface area contributed by atoms with Crippen LogP contribution < -0.4 is 10.2 Å². The molecule has 4 nitrogen and oxygen atoms in total. The topological polar surface area (TPSA) is 49.4 Å². The molecule has 0 aromatic heterocycles. The molecule has 0 saturated carbocycles. The smallest absolute Gasteiger partial charge is 0.244 e. The quantitative estimate of drug-likeness (QED) is 0.930. The molecule has 2 aromatic rings. The molecule has 0 radical (unpaired) electrons. The third-order valence-electron chi connectivity index (χ3n) is 3.67. The molecule has 126 valence electrons. The van der Waals surface area contributed by atoms with Crippen molar-refractivity contribution in [1.29, 1.82) is 0 Å². The maximum Gasteiger partial charge on any atom is 0.244 e. The predicted molar refractivity (Wildman–Crippen MR) is 88.9 cm³/mol. The summed E-state index contributed by atoms with van der Waals surface area (Å²) in [6.45, 7) is 4.72. The highest BCUT2D eigenvalue weighted by atomic mass is 19.1. The SMILES string of the molecule is CC(=O)N(CC(=O)Nc1ccc(C)c(C)c1)c1ccc(F)cc1F. The van der Waals surface area contributed by atoms with Gasteiger partial charge in [-0.05, 0) is 49.2 Å². The molecule has 2 amide bonds. The molecule has 0 spiro atoms. The second-order valence-corrected chi connectivity index (χ2v) is 5.55. The first-order valence-corrected chi connectivity index (χ1v) is 7.38. The molecule has 0 aliphatic heterocycles. The maximum atomic E-state index is 13.9. The van der Waals surface area contributed by atoms with Crippen LogP contribution in [0, 0.1) is 25.5 Å². The van der Waals surface area contributed by atoms with Crippen molar-refractivity contribution in [2.24, 2.45) is 0 Å². The van der Waals surface area contributed by atoms with E-state index in [1.165, 1.54) is 6.92 Å². The summed E-state index contributed by atoms with van der Waals surface area (Å²) in [6, 6.07) is 8.27. The van der Waals surface area contributed by atoms with E-state index in [4.69, 9.17) is 0 Å². The molecule has 2 aromatic carbocycles. The average Bonchev–Trinajstić information content (AvgIpc) is 2.49. The predicted octanol–water partition coefficient (Wildman–Crippen LogP) is 3.57. The summed E-state index contributed by atoms with van der Waals surface area (Å²) < 4.78 is 26.9. The van der Waals surface area contributed by atoms with Crippen LogP contribution in [-0.4, -0.2) is 18.4 Å². The number of nitrogens with one attached hydrogen (secondary N) is 1. The molecular weight excluding hydrogens is 314 g/mol. The molecule has 0 aliphatic carbocycles. The van der Waals surface area contributed by atoms with Gasteiger partial charge in [-0.15, -0.1) is 0 Å². The zero-order valence-electron chi connectivity index (χ0n) is 13.7. The van der Waals surface area contributed by atoms with Gasteiger partial charge in [0.05, 0.1) is 5.69 Å². The Balaban J connectivity index is 2.16. The first-order chi connectivity index (χ1) is 11.3. The van der Waals surface area contributed by atoms with E-state index < -0.39 is 23.4 Å². The lowest BCUT2D eigenvalue weighted by molar-refractivity contribution is -0.120. The van der Waals surface area contributed by atoms with Crippen LogP contribution in [0.5, 0.6) is 0 Å². The number of hydrogen-bond acceptors (Lipinski definition) is 2. The Kier molecular flexibility index (Phi) is 5.28. The summed E-state index contributed by atoms with van der Waals surface area (Å²) >= 11 is 0. The number of amides is 2. The van der Waals surface area contributed by atoms with Crippen LogP contribution in [0.4, 0.5) is 20.2 Å². The summed E-state index contributed by atoms with van der Waals surface area (Å²) in [6.07, 6.45) is 0. The monoisotopic (exact) mass is 332 g/mol. The van der Waals surface area contributed by atoms with Gasteiger partial charge in [0.2, 0.25) is 11.8 Å². The van der Waals surface area contributed by atoms with Crippen molar-refractivity contribution in [1.82, 2.24) is 0 Å². The van der Waals surface area contributed by atoms with Crippen LogP contribution >= 0.6 is 0 Å². The standard InChI is InChI=1S/C18H18F2N2O2/c1-11-4-6-15(8-12(11)2)21-18(24)10-22(13(3)23)17-7-5-14(19)9-16(17)20/h4-9H,10H2,1-3H3,(H,21,24). The number of halogens is 2. The summed E-state index contributed by atoms with van der Waals surface area (Å²) in [5.74, 6) is -2.64. The largest absolute Gasteiger partial charge is 0.325 e. The lowest BCUT2D eigenvalue weighted by atomic mass is 10.1. The zero-order valence-corrected chi connectivity index (χ0v) is 13.7. The molecule has 0 saturated heterocycles. The van der Waals surface area contributed by atoms with Gasteiger partial charge < -0.3 is 10.2 Å². The van der Waals surface area contributed by atoms with Crippen LogP contribution in [0.15, 0.2) is 36.4 Å². The van der Waals surface area contributed by atoms with Gasteiger partial charge in [-0.2, -0.15) is 0 Å². The number of rotatable bonds is 4. The fourth-order valence-electron chi connectivity index (χ4n) is 2.23. The summed E-state index contributed by atoms with van der Waals surface area (Å²) in [5, 5.41) is 2.67. The van der Waals surface area contributed by atoms with E-state index in [2.05, 4.69) is 5.32 Å². The number of carbonyl (C=O) groups is 2. The van der Waals surface area contributed by atoms with E-state index >= 15 is 0 Å². The Morgan fingerprint density at radius 2 is 1.75 bits per heavy atom. The molecule has 1 N–H and O–H groups in total. The van der Waals surface area contributed by atoms with Gasteiger partial charge in [-0.3, -0.25) is 9.59 Å². The highest BCUT2D eigenvalue weighted by molar-refractivity contribution is 6.01. The normalized spacial score (nSPS) is 10.4. The lowest BCUT2D eigenvalue weighted by Crippen LogP contribution is -2.37. The van der Waals surface area contributed by atoms with Gasteiger partial charge in [-0.25, -0.2) is 8.78 Å². The van der Waals surface area contributed by atoms with E-state index in [9.17, 15) is 18.4 Å². The fraction of sp³-hybridized carbons (Fsp3) is 0.222. The fourth-order valence-corrected chi connectivity index (χ4v) is 2.23. The Bertz CT molecular complexity index is 791. The molecule has 0 unspecified atom stereocenters. The van der Waals surface area contributed by atoms with Crippen molar-refractivity contribution < 1.29 is 18.4 Å². The Morgan fingerprint density at radius 3 is 2.33 bits per heavy atom. The van der Waals surface area contributed by atoms with Gasteiger partial charge in [0.15, 0.2) is 0 Å². The maximum absolute atomic E-state index is 13.9. The van der Waals surface area contributed by atoms with Gasteiger partial charge in [0, 0.05) is 18.7 Å². The van der Waals surface area contributed by atoms with Crippen LogP contribution in [0.25, 0.3) is 0 Å². The lowest BCUT2D eigenvalue weighted by Gasteiger charge is -2.21. The van der Waals surface area contributed by atoms with Crippen molar-refractivity contribution >= 4 is 23.2 Å². The second kappa shape index (κ2) is 7.21. The van der Waals surface area contributed by atoms with Gasteiger partial charge in [0.25, 0.3) is 0 Å². The van der Waals surface area contributed by atoms with Crippen LogP contribution in [-0.2, 0) is 9.59 Å². The molecule has 6 heteroatoms. The van der Waals surface area contributed by atoms with E-state index in [0.29, 0.717) is 11.8 Å². The Hall–Kier alpha value is -2.76. The van der Waals surface area contributed by atoms with E-state index in [1.807, 2.05) is 26.0 Å². The minimum atomic E-state index is -0.899. The van der Waals surface area contributed by atoms with Crippen LogP contribution in [0.3, 0.4) is 0 Å². The molecule has 0 heterocycles. The van der Waals surface area contributed by atoms with Crippen molar-refractivity contribution in [3.8, 4) is 0 Å². The number of anilines is 2. The molecule has 0 atom stereocenters. The first kappa shape index (κ1) is 17.6. The highest BCUT2D eigenvalue weighted by Crippen LogP contribution is 2.21. The average molecular weight is 332 g/mol. The number of carbonyl (C=O) groups excluding carboxylic acids is 2. The Labute approximate surface area is 139 Å². The molecular formula is C18H18F2N2O2. The number of hydrogen-bond donors (Lipinski definition) is 1. The molecule has 0 bridgehead atoms. The first-order valence-electron chi connectivity index (χ1n) is 7.38. The van der Waals surface area contributed by atoms with E-state index in [0.717, 1.165) is 28.2 Å². The third kappa shape index (κ3) is 4.16. The highest BCUT2D eigenvalue weighted by Gasteiger charge is 2.19. The van der Waals surface area contributed by atoms with Gasteiger partial charge in [0.1, 0.15) is 18.2 Å². The minimum absolute atomic E-state index is 0.140. The zero-order chi connectivity index (χ0) is 17.9. The van der Waals surface area contributed by atoms with E-state index in [-0.39, 0.29) is 12.2 Å². The minimum Gasteiger partial charge on any atom is -0.325 e. The van der Waals surface area contributed by atoms with Crippen molar-refractivity contribution in [2.45, 2.75) is 20.8 Å². The molecule has 24 heavy (non-hydrogen) atoms. The summed E-state index contributed by atoms with van der Waals surface area (Å²) in [5.41, 5.74) is 2.55. The second-order valence-electron chi connectivity index (χ2n) is 5.55. The van der Waals surface area contributed by atoms with Crippen molar-refractivity contribution in [2.75, 3.05) is 16.8 Å².